The molecule has 0 unspecified atom stereocenters. The van der Waals surface area contributed by atoms with Crippen molar-refractivity contribution < 1.29 is 4.42 Å². The van der Waals surface area contributed by atoms with Gasteiger partial charge in [0.1, 0.15) is 11.4 Å². The van der Waals surface area contributed by atoms with Crippen LogP contribution in [0.2, 0.25) is 0 Å². The fourth-order valence-electron chi connectivity index (χ4n) is 3.19. The number of benzene rings is 2. The van der Waals surface area contributed by atoms with Crippen molar-refractivity contribution in [2.24, 2.45) is 0 Å². The van der Waals surface area contributed by atoms with E-state index in [-0.39, 0.29) is 5.63 Å². The lowest BCUT2D eigenvalue weighted by Gasteiger charge is -2.10. The van der Waals surface area contributed by atoms with Crippen LogP contribution in [0, 0.1) is 6.92 Å². The SMILES string of the molecule is CCc1ccc2c(Cn3c(C)nc4ccccc43)cc(=O)oc2c1. The zero-order valence-corrected chi connectivity index (χ0v) is 13.7. The molecule has 2 heterocycles. The fourth-order valence-corrected chi connectivity index (χ4v) is 3.19. The van der Waals surface area contributed by atoms with Gasteiger partial charge in [0.05, 0.1) is 17.6 Å². The third-order valence-electron chi connectivity index (χ3n) is 4.48. The molecule has 4 heteroatoms. The van der Waals surface area contributed by atoms with Crippen LogP contribution in [0.1, 0.15) is 23.9 Å². The largest absolute Gasteiger partial charge is 0.423 e. The molecule has 24 heavy (non-hydrogen) atoms. The summed E-state index contributed by atoms with van der Waals surface area (Å²) in [6, 6.07) is 15.7. The lowest BCUT2D eigenvalue weighted by atomic mass is 10.1. The van der Waals surface area contributed by atoms with E-state index >= 15 is 0 Å². The molecular weight excluding hydrogens is 300 g/mol. The Morgan fingerprint density at radius 1 is 1.12 bits per heavy atom. The summed E-state index contributed by atoms with van der Waals surface area (Å²) in [5, 5.41) is 0.976. The number of rotatable bonds is 3. The maximum absolute atomic E-state index is 12.0. The van der Waals surface area contributed by atoms with Crippen LogP contribution in [0.3, 0.4) is 0 Å². The van der Waals surface area contributed by atoms with Crippen LogP contribution in [0.15, 0.2) is 57.7 Å². The molecule has 4 rings (SSSR count). The second-order valence-corrected chi connectivity index (χ2v) is 6.01. The van der Waals surface area contributed by atoms with Crippen molar-refractivity contribution in [3.05, 3.63) is 75.9 Å². The van der Waals surface area contributed by atoms with E-state index in [0.717, 1.165) is 39.8 Å². The summed E-state index contributed by atoms with van der Waals surface area (Å²) < 4.78 is 7.54. The number of fused-ring (bicyclic) bond motifs is 2. The predicted molar refractivity (Wildman–Crippen MR) is 95.4 cm³/mol. The van der Waals surface area contributed by atoms with Gasteiger partial charge in [-0.15, -0.1) is 0 Å². The Balaban J connectivity index is 1.90. The monoisotopic (exact) mass is 318 g/mol. The van der Waals surface area contributed by atoms with E-state index in [9.17, 15) is 4.79 Å². The lowest BCUT2D eigenvalue weighted by Crippen LogP contribution is -2.07. The highest BCUT2D eigenvalue weighted by Gasteiger charge is 2.11. The minimum atomic E-state index is -0.312. The standard InChI is InChI=1S/C20H18N2O2/c1-3-14-8-9-16-15(11-20(23)24-19(16)10-14)12-22-13(2)21-17-6-4-5-7-18(17)22/h4-11H,3,12H2,1-2H3. The van der Waals surface area contributed by atoms with E-state index in [4.69, 9.17) is 4.42 Å². The van der Waals surface area contributed by atoms with Gasteiger partial charge in [0, 0.05) is 11.5 Å². The molecule has 2 aromatic carbocycles. The smallest absolute Gasteiger partial charge is 0.336 e. The van der Waals surface area contributed by atoms with Crippen LogP contribution < -0.4 is 5.63 Å². The molecule has 4 aromatic rings. The van der Waals surface area contributed by atoms with Crippen molar-refractivity contribution in [2.75, 3.05) is 0 Å². The number of para-hydroxylation sites is 2. The van der Waals surface area contributed by atoms with Crippen molar-refractivity contribution in [1.29, 1.82) is 0 Å². The van der Waals surface area contributed by atoms with Crippen LogP contribution in [0.25, 0.3) is 22.0 Å². The Morgan fingerprint density at radius 2 is 1.96 bits per heavy atom. The molecule has 0 aliphatic heterocycles. The van der Waals surface area contributed by atoms with Gasteiger partial charge in [-0.1, -0.05) is 31.2 Å². The normalized spacial score (nSPS) is 11.4. The second-order valence-electron chi connectivity index (χ2n) is 6.01. The number of aromatic nitrogens is 2. The molecule has 0 atom stereocenters. The third kappa shape index (κ3) is 2.40. The van der Waals surface area contributed by atoms with Crippen LogP contribution in [0.4, 0.5) is 0 Å². The summed E-state index contributed by atoms with van der Waals surface area (Å²) in [5.74, 6) is 0.933. The number of hydrogen-bond donors (Lipinski definition) is 0. The molecule has 0 amide bonds. The van der Waals surface area contributed by atoms with Gasteiger partial charge in [-0.2, -0.15) is 0 Å². The van der Waals surface area contributed by atoms with Crippen LogP contribution in [-0.2, 0) is 13.0 Å². The molecule has 0 saturated heterocycles. The summed E-state index contributed by atoms with van der Waals surface area (Å²) in [7, 11) is 0. The van der Waals surface area contributed by atoms with Crippen molar-refractivity contribution >= 4 is 22.0 Å². The zero-order valence-electron chi connectivity index (χ0n) is 13.7. The van der Waals surface area contributed by atoms with E-state index < -0.39 is 0 Å². The van der Waals surface area contributed by atoms with Crippen molar-refractivity contribution in [2.45, 2.75) is 26.8 Å². The van der Waals surface area contributed by atoms with Crippen LogP contribution in [-0.4, -0.2) is 9.55 Å². The fraction of sp³-hybridized carbons (Fsp3) is 0.200. The average molecular weight is 318 g/mol. The first-order valence-electron chi connectivity index (χ1n) is 8.13. The first-order valence-corrected chi connectivity index (χ1v) is 8.13. The Hall–Kier alpha value is -2.88. The quantitative estimate of drug-likeness (QED) is 0.535. The Bertz CT molecular complexity index is 1110. The highest BCUT2D eigenvalue weighted by molar-refractivity contribution is 5.81. The second kappa shape index (κ2) is 5.64. The topological polar surface area (TPSA) is 48.0 Å². The summed E-state index contributed by atoms with van der Waals surface area (Å²) in [6.07, 6.45) is 0.912. The molecule has 4 nitrogen and oxygen atoms in total. The number of imidazole rings is 1. The summed E-state index contributed by atoms with van der Waals surface area (Å²) in [4.78, 5) is 16.6. The van der Waals surface area contributed by atoms with Crippen molar-refractivity contribution in [3.8, 4) is 0 Å². The van der Waals surface area contributed by atoms with Gasteiger partial charge in [-0.3, -0.25) is 0 Å². The molecule has 0 radical (unpaired) electrons. The highest BCUT2D eigenvalue weighted by atomic mass is 16.4. The number of aryl methyl sites for hydroxylation is 2. The van der Waals surface area contributed by atoms with E-state index in [1.807, 2.05) is 37.3 Å². The van der Waals surface area contributed by atoms with Crippen molar-refractivity contribution in [3.63, 3.8) is 0 Å². The number of nitrogens with zero attached hydrogens (tertiary/aromatic N) is 2. The van der Waals surface area contributed by atoms with Gasteiger partial charge in [0.15, 0.2) is 0 Å². The van der Waals surface area contributed by atoms with Gasteiger partial charge < -0.3 is 8.98 Å². The van der Waals surface area contributed by atoms with E-state index in [1.54, 1.807) is 6.07 Å². The van der Waals surface area contributed by atoms with E-state index in [2.05, 4.69) is 28.6 Å². The molecule has 0 aliphatic carbocycles. The highest BCUT2D eigenvalue weighted by Crippen LogP contribution is 2.23. The lowest BCUT2D eigenvalue weighted by molar-refractivity contribution is 0.557. The minimum absolute atomic E-state index is 0.312. The average Bonchev–Trinajstić information content (AvgIpc) is 2.90. The van der Waals surface area contributed by atoms with Crippen molar-refractivity contribution in [1.82, 2.24) is 9.55 Å². The predicted octanol–water partition coefficient (Wildman–Crippen LogP) is 4.06. The van der Waals surface area contributed by atoms with Gasteiger partial charge in [0.25, 0.3) is 0 Å². The first kappa shape index (κ1) is 14.7. The molecule has 2 aromatic heterocycles. The maximum Gasteiger partial charge on any atom is 0.336 e. The Morgan fingerprint density at radius 3 is 2.79 bits per heavy atom. The maximum atomic E-state index is 12.0. The molecular formula is C20H18N2O2. The molecule has 0 spiro atoms. The molecule has 120 valence electrons. The van der Waals surface area contributed by atoms with Gasteiger partial charge in [-0.25, -0.2) is 9.78 Å². The third-order valence-corrected chi connectivity index (χ3v) is 4.48. The Kier molecular flexibility index (Phi) is 3.45. The van der Waals surface area contributed by atoms with E-state index in [1.165, 1.54) is 0 Å². The van der Waals surface area contributed by atoms with Gasteiger partial charge in [0.2, 0.25) is 0 Å². The van der Waals surface area contributed by atoms with E-state index in [0.29, 0.717) is 12.1 Å². The minimum Gasteiger partial charge on any atom is -0.423 e. The molecule has 0 aliphatic rings. The summed E-state index contributed by atoms with van der Waals surface area (Å²) in [6.45, 7) is 4.67. The zero-order chi connectivity index (χ0) is 16.7. The van der Waals surface area contributed by atoms with Crippen LogP contribution in [0.5, 0.6) is 0 Å². The first-order chi connectivity index (χ1) is 11.7. The summed E-state index contributed by atoms with van der Waals surface area (Å²) >= 11 is 0. The van der Waals surface area contributed by atoms with Gasteiger partial charge in [-0.05, 0) is 42.7 Å². The Labute approximate surface area is 139 Å². The molecule has 0 bridgehead atoms. The molecule has 0 fully saturated rings. The molecule has 0 saturated carbocycles. The van der Waals surface area contributed by atoms with Gasteiger partial charge >= 0.3 is 5.63 Å². The molecule has 0 N–H and O–H groups in total. The number of hydrogen-bond acceptors (Lipinski definition) is 3. The van der Waals surface area contributed by atoms with Crippen LogP contribution >= 0.6 is 0 Å². The summed E-state index contributed by atoms with van der Waals surface area (Å²) in [5.41, 5.74) is 4.49.